The third-order valence-corrected chi connectivity index (χ3v) is 8.04. The van der Waals surface area contributed by atoms with Gasteiger partial charge in [-0.1, -0.05) is 12.8 Å². The highest BCUT2D eigenvalue weighted by Crippen LogP contribution is 2.38. The normalized spacial score (nSPS) is 25.7. The number of carbonyl (C=O) groups is 2. The average Bonchev–Trinajstić information content (AvgIpc) is 3.59. The van der Waals surface area contributed by atoms with Gasteiger partial charge in [0.05, 0.1) is 11.9 Å². The van der Waals surface area contributed by atoms with Crippen LogP contribution in [0.2, 0.25) is 0 Å². The first kappa shape index (κ1) is 23.1. The molecule has 3 aliphatic heterocycles. The summed E-state index contributed by atoms with van der Waals surface area (Å²) in [6.45, 7) is 0.682. The molecule has 2 aromatic heterocycles. The van der Waals surface area contributed by atoms with Crippen molar-refractivity contribution < 1.29 is 9.59 Å². The summed E-state index contributed by atoms with van der Waals surface area (Å²) in [6, 6.07) is 4.55. The fourth-order valence-electron chi connectivity index (χ4n) is 6.23. The fraction of sp³-hybridized carbons (Fsp3) is 0.577. The van der Waals surface area contributed by atoms with Gasteiger partial charge in [0.15, 0.2) is 0 Å². The van der Waals surface area contributed by atoms with Crippen molar-refractivity contribution in [3.05, 3.63) is 30.1 Å². The Labute approximate surface area is 211 Å². The van der Waals surface area contributed by atoms with E-state index in [2.05, 4.69) is 25.5 Å². The standard InChI is InChI=1S/C26H34N8O2/c1-32(2)25(36)21-11-16-13-28-26(31-24(16)34(21)19-5-3-4-6-19)30-22-10-9-20(14-27-22)33-15-18-8-7-17(29-18)12-23(33)35/h9-10,13-14,17-19,21,29H,3-8,11-12,15H2,1-2H3,(H,27,28,30,31). The van der Waals surface area contributed by atoms with Gasteiger partial charge in [0, 0.05) is 63.4 Å². The molecule has 0 radical (unpaired) electrons. The van der Waals surface area contributed by atoms with Gasteiger partial charge in [-0.2, -0.15) is 4.98 Å². The molecule has 2 N–H and O–H groups in total. The van der Waals surface area contributed by atoms with Crippen molar-refractivity contribution in [1.82, 2.24) is 25.2 Å². The molecule has 2 amide bonds. The number of nitrogens with zero attached hydrogens (tertiary/aromatic N) is 6. The molecule has 0 spiro atoms. The van der Waals surface area contributed by atoms with Gasteiger partial charge in [-0.3, -0.25) is 9.59 Å². The summed E-state index contributed by atoms with van der Waals surface area (Å²) in [4.78, 5) is 45.4. The van der Waals surface area contributed by atoms with Gasteiger partial charge in [-0.05, 0) is 37.8 Å². The van der Waals surface area contributed by atoms with Crippen molar-refractivity contribution in [1.29, 1.82) is 0 Å². The van der Waals surface area contributed by atoms with Crippen molar-refractivity contribution in [2.45, 2.75) is 75.5 Å². The summed E-state index contributed by atoms with van der Waals surface area (Å²) in [5.41, 5.74) is 1.82. The highest BCUT2D eigenvalue weighted by molar-refractivity contribution is 5.94. The molecule has 10 nitrogen and oxygen atoms in total. The molecule has 36 heavy (non-hydrogen) atoms. The van der Waals surface area contributed by atoms with Crippen molar-refractivity contribution in [2.75, 3.05) is 35.8 Å². The molecule has 10 heteroatoms. The summed E-state index contributed by atoms with van der Waals surface area (Å²) >= 11 is 0. The number of anilines is 4. The number of nitrogens with one attached hydrogen (secondary N) is 2. The molecule has 3 unspecified atom stereocenters. The molecule has 2 saturated heterocycles. The first-order valence-corrected chi connectivity index (χ1v) is 13.1. The molecule has 0 aromatic carbocycles. The van der Waals surface area contributed by atoms with Crippen LogP contribution in [0.1, 0.15) is 50.5 Å². The monoisotopic (exact) mass is 490 g/mol. The van der Waals surface area contributed by atoms with E-state index >= 15 is 0 Å². The molecule has 3 atom stereocenters. The van der Waals surface area contributed by atoms with Gasteiger partial charge >= 0.3 is 0 Å². The molecule has 2 bridgehead atoms. The second-order valence-electron chi connectivity index (χ2n) is 10.7. The molecule has 4 aliphatic rings. The van der Waals surface area contributed by atoms with Crippen LogP contribution in [0.4, 0.5) is 23.3 Å². The van der Waals surface area contributed by atoms with Gasteiger partial charge < -0.3 is 25.3 Å². The Bertz CT molecular complexity index is 1150. The number of amides is 2. The lowest BCUT2D eigenvalue weighted by atomic mass is 10.1. The number of likely N-dealkylation sites (N-methyl/N-ethyl adjacent to an activating group) is 1. The minimum Gasteiger partial charge on any atom is -0.347 e. The number of hydrogen-bond acceptors (Lipinski definition) is 8. The lowest BCUT2D eigenvalue weighted by Gasteiger charge is -2.33. The zero-order chi connectivity index (χ0) is 24.8. The summed E-state index contributed by atoms with van der Waals surface area (Å²) in [6.07, 6.45) is 11.5. The summed E-state index contributed by atoms with van der Waals surface area (Å²) < 4.78 is 0. The fourth-order valence-corrected chi connectivity index (χ4v) is 6.23. The van der Waals surface area contributed by atoms with Crippen LogP contribution in [-0.4, -0.2) is 76.5 Å². The van der Waals surface area contributed by atoms with Crippen molar-refractivity contribution in [2.24, 2.45) is 0 Å². The Hall–Kier alpha value is -3.27. The molecule has 1 aliphatic carbocycles. The van der Waals surface area contributed by atoms with E-state index in [-0.39, 0.29) is 17.9 Å². The van der Waals surface area contributed by atoms with Crippen LogP contribution in [0, 0.1) is 0 Å². The highest BCUT2D eigenvalue weighted by Gasteiger charge is 2.41. The zero-order valence-corrected chi connectivity index (χ0v) is 21.0. The van der Waals surface area contributed by atoms with Crippen LogP contribution in [0.25, 0.3) is 0 Å². The van der Waals surface area contributed by atoms with E-state index in [9.17, 15) is 9.59 Å². The maximum Gasteiger partial charge on any atom is 0.245 e. The Balaban J connectivity index is 1.20. The topological polar surface area (TPSA) is 107 Å². The minimum absolute atomic E-state index is 0.109. The minimum atomic E-state index is -0.226. The summed E-state index contributed by atoms with van der Waals surface area (Å²) in [5, 5.41) is 6.77. The number of rotatable bonds is 5. The molecule has 5 heterocycles. The Morgan fingerprint density at radius 1 is 1.06 bits per heavy atom. The Morgan fingerprint density at radius 2 is 1.86 bits per heavy atom. The van der Waals surface area contributed by atoms with E-state index in [1.165, 1.54) is 12.8 Å². The smallest absolute Gasteiger partial charge is 0.245 e. The molecule has 2 aromatic rings. The maximum absolute atomic E-state index is 13.0. The Morgan fingerprint density at radius 3 is 2.61 bits per heavy atom. The Kier molecular flexibility index (Phi) is 5.99. The van der Waals surface area contributed by atoms with Gasteiger partial charge in [0.1, 0.15) is 17.7 Å². The maximum atomic E-state index is 13.0. The SMILES string of the molecule is CN(C)C(=O)C1Cc2cnc(Nc3ccc(N4CC5CCC(CC4=O)N5)cn3)nc2N1C1CCCC1. The van der Waals surface area contributed by atoms with E-state index in [1.807, 2.05) is 37.3 Å². The number of carbonyl (C=O) groups excluding carboxylic acids is 2. The summed E-state index contributed by atoms with van der Waals surface area (Å²) in [7, 11) is 3.62. The van der Waals surface area contributed by atoms with E-state index in [0.29, 0.717) is 49.3 Å². The van der Waals surface area contributed by atoms with Crippen molar-refractivity contribution in [3.8, 4) is 0 Å². The highest BCUT2D eigenvalue weighted by atomic mass is 16.2. The lowest BCUT2D eigenvalue weighted by molar-refractivity contribution is -0.130. The van der Waals surface area contributed by atoms with Crippen LogP contribution in [0.3, 0.4) is 0 Å². The van der Waals surface area contributed by atoms with E-state index in [4.69, 9.17) is 4.98 Å². The largest absolute Gasteiger partial charge is 0.347 e. The van der Waals surface area contributed by atoms with Crippen molar-refractivity contribution >= 4 is 35.1 Å². The first-order valence-electron chi connectivity index (χ1n) is 13.1. The molecular formula is C26H34N8O2. The first-order chi connectivity index (χ1) is 17.5. The van der Waals surface area contributed by atoms with Crippen LogP contribution in [-0.2, 0) is 16.0 Å². The summed E-state index contributed by atoms with van der Waals surface area (Å²) in [5.74, 6) is 2.19. The van der Waals surface area contributed by atoms with E-state index in [1.54, 1.807) is 11.1 Å². The number of pyridine rings is 1. The van der Waals surface area contributed by atoms with Crippen LogP contribution >= 0.6 is 0 Å². The predicted molar refractivity (Wildman–Crippen MR) is 137 cm³/mol. The predicted octanol–water partition coefficient (Wildman–Crippen LogP) is 2.23. The zero-order valence-electron chi connectivity index (χ0n) is 21.0. The second-order valence-corrected chi connectivity index (χ2v) is 10.7. The molecule has 3 fully saturated rings. The average molecular weight is 491 g/mol. The third-order valence-electron chi connectivity index (χ3n) is 8.04. The molecule has 190 valence electrons. The third kappa shape index (κ3) is 4.27. The van der Waals surface area contributed by atoms with Crippen LogP contribution < -0.4 is 20.4 Å². The molecule has 6 rings (SSSR count). The quantitative estimate of drug-likeness (QED) is 0.657. The number of aromatic nitrogens is 3. The number of fused-ring (bicyclic) bond motifs is 3. The van der Waals surface area contributed by atoms with Gasteiger partial charge in [-0.25, -0.2) is 9.97 Å². The van der Waals surface area contributed by atoms with Crippen LogP contribution in [0.15, 0.2) is 24.5 Å². The van der Waals surface area contributed by atoms with Gasteiger partial charge in [0.25, 0.3) is 0 Å². The van der Waals surface area contributed by atoms with Gasteiger partial charge in [0.2, 0.25) is 17.8 Å². The van der Waals surface area contributed by atoms with Crippen LogP contribution in [0.5, 0.6) is 0 Å². The van der Waals surface area contributed by atoms with Crippen molar-refractivity contribution in [3.63, 3.8) is 0 Å². The second kappa shape index (κ2) is 9.31. The molecular weight excluding hydrogens is 456 g/mol. The van der Waals surface area contributed by atoms with E-state index < -0.39 is 0 Å². The molecule has 1 saturated carbocycles. The lowest BCUT2D eigenvalue weighted by Crippen LogP contribution is -2.49. The van der Waals surface area contributed by atoms with E-state index in [0.717, 1.165) is 42.8 Å². The number of hydrogen-bond donors (Lipinski definition) is 2. The van der Waals surface area contributed by atoms with Gasteiger partial charge in [-0.15, -0.1) is 0 Å².